The highest BCUT2D eigenvalue weighted by molar-refractivity contribution is 5.99. The number of fused-ring (bicyclic) bond motifs is 1. The maximum absolute atomic E-state index is 15.1. The lowest BCUT2D eigenvalue weighted by molar-refractivity contribution is 0.0950. The van der Waals surface area contributed by atoms with Gasteiger partial charge in [-0.05, 0) is 44.4 Å². The lowest BCUT2D eigenvalue weighted by atomic mass is 10.0. The molecule has 2 heterocycles. The molecule has 0 radical (unpaired) electrons. The number of nitrogens with zero attached hydrogens (tertiary/aromatic N) is 3. The van der Waals surface area contributed by atoms with E-state index in [0.29, 0.717) is 33.3 Å². The average molecular weight is 475 g/mol. The fourth-order valence-corrected chi connectivity index (χ4v) is 4.82. The van der Waals surface area contributed by atoms with E-state index in [1.807, 2.05) is 32.0 Å². The first-order chi connectivity index (χ1) is 16.8. The van der Waals surface area contributed by atoms with Crippen LogP contribution in [0.4, 0.5) is 10.2 Å². The molecule has 0 bridgehead atoms. The van der Waals surface area contributed by atoms with Gasteiger partial charge in [0.05, 0.1) is 11.4 Å². The summed E-state index contributed by atoms with van der Waals surface area (Å²) in [7, 11) is 0. The van der Waals surface area contributed by atoms with Crippen LogP contribution in [0.25, 0.3) is 22.2 Å². The number of aromatic amines is 1. The highest BCUT2D eigenvalue weighted by Gasteiger charge is 2.26. The van der Waals surface area contributed by atoms with Crippen molar-refractivity contribution in [3.8, 4) is 11.3 Å². The zero-order chi connectivity index (χ0) is 24.7. The number of carbonyl (C=O) groups excluding carboxylic acids is 1. The van der Waals surface area contributed by atoms with Crippen LogP contribution in [0.2, 0.25) is 0 Å². The van der Waals surface area contributed by atoms with E-state index in [1.165, 1.54) is 6.07 Å². The lowest BCUT2D eigenvalue weighted by Gasteiger charge is -2.11. The topological polar surface area (TPSA) is 119 Å². The minimum atomic E-state index is -0.483. The second-order valence-corrected chi connectivity index (χ2v) is 9.20. The van der Waals surface area contributed by atoms with Crippen LogP contribution < -0.4 is 16.6 Å². The van der Waals surface area contributed by atoms with Gasteiger partial charge in [-0.25, -0.2) is 9.49 Å². The molecule has 2 aromatic carbocycles. The molecule has 1 amide bonds. The van der Waals surface area contributed by atoms with Gasteiger partial charge in [0.15, 0.2) is 5.82 Å². The third kappa shape index (κ3) is 4.18. The van der Waals surface area contributed by atoms with E-state index < -0.39 is 5.82 Å². The van der Waals surface area contributed by atoms with Crippen LogP contribution in [0.1, 0.15) is 58.8 Å². The van der Waals surface area contributed by atoms with Gasteiger partial charge in [0.2, 0.25) is 0 Å². The molecule has 5 rings (SSSR count). The quantitative estimate of drug-likeness (QED) is 0.401. The van der Waals surface area contributed by atoms with Crippen molar-refractivity contribution in [3.63, 3.8) is 0 Å². The fraction of sp³-hybridized carbons (Fsp3) is 0.308. The van der Waals surface area contributed by atoms with E-state index >= 15 is 4.39 Å². The number of carbonyl (C=O) groups is 1. The number of halogens is 1. The van der Waals surface area contributed by atoms with Crippen LogP contribution >= 0.6 is 0 Å². The summed E-state index contributed by atoms with van der Waals surface area (Å²) in [5.41, 5.74) is 9.79. The minimum Gasteiger partial charge on any atom is -0.382 e. The van der Waals surface area contributed by atoms with Crippen molar-refractivity contribution in [2.75, 3.05) is 5.73 Å². The molecular weight excluding hydrogens is 447 g/mol. The van der Waals surface area contributed by atoms with Gasteiger partial charge in [-0.3, -0.25) is 14.3 Å². The molecule has 0 saturated heterocycles. The molecule has 4 N–H and O–H groups in total. The average Bonchev–Trinajstić information content (AvgIpc) is 3.51. The standard InChI is InChI=1S/C26H27FN6O2/c1-14-7-8-15(2)19(11-14)25(34)29-13-17-10-9-16(12-20(17)27)22-21-23(26(35)31-30-24(21)28)33(32-22)18-5-3-4-6-18/h7-12,18H,3-6,13H2,1-2H3,(H2,28,30)(H,29,34)(H,31,35). The molecule has 4 aromatic rings. The highest BCUT2D eigenvalue weighted by Crippen LogP contribution is 2.36. The molecule has 0 spiro atoms. The number of amides is 1. The minimum absolute atomic E-state index is 0.0406. The van der Waals surface area contributed by atoms with Crippen LogP contribution in [0.15, 0.2) is 41.2 Å². The van der Waals surface area contributed by atoms with Gasteiger partial charge < -0.3 is 11.1 Å². The predicted octanol–water partition coefficient (Wildman–Crippen LogP) is 4.17. The third-order valence-electron chi connectivity index (χ3n) is 6.73. The van der Waals surface area contributed by atoms with Crippen molar-refractivity contribution in [3.05, 3.63) is 74.8 Å². The molecular formula is C26H27FN6O2. The van der Waals surface area contributed by atoms with Crippen molar-refractivity contribution in [1.82, 2.24) is 25.3 Å². The number of rotatable bonds is 5. The molecule has 35 heavy (non-hydrogen) atoms. The Morgan fingerprint density at radius 2 is 1.97 bits per heavy atom. The Hall–Kier alpha value is -4.01. The number of anilines is 1. The molecule has 1 saturated carbocycles. The maximum Gasteiger partial charge on any atom is 0.290 e. The van der Waals surface area contributed by atoms with Gasteiger partial charge in [-0.15, -0.1) is 0 Å². The summed E-state index contributed by atoms with van der Waals surface area (Å²) >= 11 is 0. The second kappa shape index (κ2) is 8.98. The van der Waals surface area contributed by atoms with Crippen molar-refractivity contribution < 1.29 is 9.18 Å². The van der Waals surface area contributed by atoms with E-state index in [0.717, 1.165) is 36.8 Å². The molecule has 1 fully saturated rings. The first-order valence-electron chi connectivity index (χ1n) is 11.7. The van der Waals surface area contributed by atoms with Gasteiger partial charge in [0.1, 0.15) is 17.0 Å². The smallest absolute Gasteiger partial charge is 0.290 e. The molecule has 180 valence electrons. The fourth-order valence-electron chi connectivity index (χ4n) is 4.82. The molecule has 0 atom stereocenters. The van der Waals surface area contributed by atoms with Gasteiger partial charge in [-0.2, -0.15) is 10.2 Å². The zero-order valence-corrected chi connectivity index (χ0v) is 19.7. The first kappa shape index (κ1) is 22.8. The van der Waals surface area contributed by atoms with E-state index in [4.69, 9.17) is 10.8 Å². The Kier molecular flexibility index (Phi) is 5.84. The van der Waals surface area contributed by atoms with Crippen molar-refractivity contribution in [2.24, 2.45) is 0 Å². The van der Waals surface area contributed by atoms with Gasteiger partial charge >= 0.3 is 0 Å². The molecule has 2 aromatic heterocycles. The van der Waals surface area contributed by atoms with Crippen LogP contribution in [0, 0.1) is 19.7 Å². The van der Waals surface area contributed by atoms with Crippen molar-refractivity contribution in [2.45, 2.75) is 52.1 Å². The van der Waals surface area contributed by atoms with E-state index in [-0.39, 0.29) is 29.9 Å². The number of nitrogens with two attached hydrogens (primary N) is 1. The number of benzene rings is 2. The summed E-state index contributed by atoms with van der Waals surface area (Å²) in [5, 5.41) is 14.3. The van der Waals surface area contributed by atoms with Crippen LogP contribution in [-0.2, 0) is 6.54 Å². The number of aryl methyl sites for hydroxylation is 2. The summed E-state index contributed by atoms with van der Waals surface area (Å²) in [5.74, 6) is -0.595. The van der Waals surface area contributed by atoms with Crippen LogP contribution in [-0.4, -0.2) is 25.9 Å². The molecule has 1 aliphatic rings. The number of H-pyrrole nitrogens is 1. The number of hydrogen-bond donors (Lipinski definition) is 3. The SMILES string of the molecule is Cc1ccc(C)c(C(=O)NCc2ccc(-c3nn(C4CCCC4)c4c(=O)[nH]nc(N)c34)cc2F)c1. The normalized spacial score (nSPS) is 14.0. The molecule has 0 aliphatic heterocycles. The summed E-state index contributed by atoms with van der Waals surface area (Å²) in [6, 6.07) is 10.4. The third-order valence-corrected chi connectivity index (χ3v) is 6.73. The van der Waals surface area contributed by atoms with Crippen molar-refractivity contribution in [1.29, 1.82) is 0 Å². The summed E-state index contributed by atoms with van der Waals surface area (Å²) < 4.78 is 16.8. The number of aromatic nitrogens is 4. The molecule has 1 aliphatic carbocycles. The van der Waals surface area contributed by atoms with Crippen molar-refractivity contribution >= 4 is 22.6 Å². The number of nitrogens with one attached hydrogen (secondary N) is 2. The Morgan fingerprint density at radius 1 is 1.20 bits per heavy atom. The maximum atomic E-state index is 15.1. The molecule has 9 heteroatoms. The van der Waals surface area contributed by atoms with Gasteiger partial charge in [-0.1, -0.05) is 42.7 Å². The Labute approximate surface area is 201 Å². The Bertz CT molecular complexity index is 1500. The molecule has 0 unspecified atom stereocenters. The van der Waals surface area contributed by atoms with Crippen LogP contribution in [0.5, 0.6) is 0 Å². The number of nitrogen functional groups attached to an aromatic ring is 1. The zero-order valence-electron chi connectivity index (χ0n) is 19.7. The summed E-state index contributed by atoms with van der Waals surface area (Å²) in [6.45, 7) is 3.83. The molecule has 8 nitrogen and oxygen atoms in total. The number of hydrogen-bond acceptors (Lipinski definition) is 5. The largest absolute Gasteiger partial charge is 0.382 e. The highest BCUT2D eigenvalue weighted by atomic mass is 19.1. The van der Waals surface area contributed by atoms with E-state index in [9.17, 15) is 9.59 Å². The van der Waals surface area contributed by atoms with E-state index in [2.05, 4.69) is 15.5 Å². The summed E-state index contributed by atoms with van der Waals surface area (Å²) in [6.07, 6.45) is 3.98. The predicted molar refractivity (Wildman–Crippen MR) is 133 cm³/mol. The summed E-state index contributed by atoms with van der Waals surface area (Å²) in [4.78, 5) is 25.3. The monoisotopic (exact) mass is 474 g/mol. The first-order valence-corrected chi connectivity index (χ1v) is 11.7. The van der Waals surface area contributed by atoms with Gasteiger partial charge in [0, 0.05) is 23.2 Å². The Morgan fingerprint density at radius 3 is 2.71 bits per heavy atom. The lowest BCUT2D eigenvalue weighted by Crippen LogP contribution is -2.24. The Balaban J connectivity index is 1.46. The van der Waals surface area contributed by atoms with Crippen LogP contribution in [0.3, 0.4) is 0 Å². The second-order valence-electron chi connectivity index (χ2n) is 9.20. The van der Waals surface area contributed by atoms with E-state index in [1.54, 1.807) is 16.8 Å². The van der Waals surface area contributed by atoms with Gasteiger partial charge in [0.25, 0.3) is 11.5 Å².